The Hall–Kier alpha value is -1.91. The van der Waals surface area contributed by atoms with Crippen molar-refractivity contribution >= 4 is 17.5 Å². The maximum atomic E-state index is 13.6. The van der Waals surface area contributed by atoms with Crippen LogP contribution in [-0.2, 0) is 9.59 Å². The van der Waals surface area contributed by atoms with Crippen molar-refractivity contribution in [1.29, 1.82) is 0 Å². The summed E-state index contributed by atoms with van der Waals surface area (Å²) in [5.41, 5.74) is -0.912. The number of carbonyl (C=O) groups is 2. The number of phenolic OH excluding ortho intramolecular Hbond substituents is 1. The lowest BCUT2D eigenvalue weighted by molar-refractivity contribution is -0.124. The monoisotopic (exact) mass is 237 g/mol. The first-order chi connectivity index (χ1) is 7.83. The summed E-state index contributed by atoms with van der Waals surface area (Å²) < 4.78 is 13.6. The first kappa shape index (κ1) is 11.6. The van der Waals surface area contributed by atoms with Crippen LogP contribution in [0.2, 0.25) is 0 Å². The van der Waals surface area contributed by atoms with E-state index in [1.807, 2.05) is 0 Å². The summed E-state index contributed by atoms with van der Waals surface area (Å²) in [5.74, 6) is -1.88. The van der Waals surface area contributed by atoms with Crippen LogP contribution in [0.5, 0.6) is 5.75 Å². The van der Waals surface area contributed by atoms with Gasteiger partial charge in [-0.2, -0.15) is 0 Å². The van der Waals surface area contributed by atoms with Crippen LogP contribution in [-0.4, -0.2) is 16.9 Å². The summed E-state index contributed by atoms with van der Waals surface area (Å²) in [6.07, 6.45) is 0.0617. The van der Waals surface area contributed by atoms with Crippen molar-refractivity contribution in [3.8, 4) is 5.75 Å². The number of hydrogen-bond acceptors (Lipinski definition) is 3. The number of aromatic hydroxyl groups is 1. The molecule has 2 rings (SSSR count). The summed E-state index contributed by atoms with van der Waals surface area (Å²) >= 11 is 0. The van der Waals surface area contributed by atoms with E-state index in [9.17, 15) is 14.0 Å². The molecule has 17 heavy (non-hydrogen) atoms. The fourth-order valence-corrected chi connectivity index (χ4v) is 1.87. The molecular weight excluding hydrogens is 225 g/mol. The van der Waals surface area contributed by atoms with Gasteiger partial charge >= 0.3 is 0 Å². The van der Waals surface area contributed by atoms with E-state index in [4.69, 9.17) is 5.11 Å². The number of halogens is 1. The Morgan fingerprint density at radius 3 is 2.47 bits per heavy atom. The van der Waals surface area contributed by atoms with Crippen molar-refractivity contribution in [2.24, 2.45) is 5.41 Å². The van der Waals surface area contributed by atoms with Gasteiger partial charge in [-0.3, -0.25) is 9.59 Å². The zero-order chi connectivity index (χ0) is 12.8. The van der Waals surface area contributed by atoms with Crippen LogP contribution < -0.4 is 4.90 Å². The fraction of sp³-hybridized carbons (Fsp3) is 0.333. The van der Waals surface area contributed by atoms with Gasteiger partial charge in [0.2, 0.25) is 11.8 Å². The third-order valence-corrected chi connectivity index (χ3v) is 2.80. The highest BCUT2D eigenvalue weighted by atomic mass is 19.1. The van der Waals surface area contributed by atoms with Crippen LogP contribution in [0.15, 0.2) is 18.2 Å². The highest BCUT2D eigenvalue weighted by molar-refractivity contribution is 6.22. The van der Waals surface area contributed by atoms with Gasteiger partial charge < -0.3 is 5.11 Å². The van der Waals surface area contributed by atoms with Crippen molar-refractivity contribution in [2.75, 3.05) is 4.90 Å². The van der Waals surface area contributed by atoms with E-state index in [-0.39, 0.29) is 17.9 Å². The van der Waals surface area contributed by atoms with Crippen LogP contribution in [0.4, 0.5) is 10.1 Å². The fourth-order valence-electron chi connectivity index (χ4n) is 1.87. The molecule has 1 N–H and O–H groups in total. The molecule has 1 fully saturated rings. The van der Waals surface area contributed by atoms with Crippen molar-refractivity contribution in [3.05, 3.63) is 24.0 Å². The van der Waals surface area contributed by atoms with Gasteiger partial charge in [0.1, 0.15) is 5.75 Å². The molecule has 0 saturated carbocycles. The Morgan fingerprint density at radius 2 is 2.00 bits per heavy atom. The lowest BCUT2D eigenvalue weighted by atomic mass is 9.92. The maximum Gasteiger partial charge on any atom is 0.240 e. The molecule has 5 heteroatoms. The molecule has 90 valence electrons. The quantitative estimate of drug-likeness (QED) is 0.758. The SMILES string of the molecule is CC1(C)CC(=O)N(c2ccc(O)cc2F)C1=O. The number of nitrogens with zero attached hydrogens (tertiary/aromatic N) is 1. The summed E-state index contributed by atoms with van der Waals surface area (Å²) in [5, 5.41) is 9.09. The van der Waals surface area contributed by atoms with Gasteiger partial charge in [0.05, 0.1) is 11.1 Å². The minimum absolute atomic E-state index is 0.0617. The van der Waals surface area contributed by atoms with Gasteiger partial charge in [-0.15, -0.1) is 0 Å². The minimum Gasteiger partial charge on any atom is -0.508 e. The molecule has 2 amide bonds. The second kappa shape index (κ2) is 3.55. The second-order valence-corrected chi connectivity index (χ2v) is 4.73. The zero-order valence-corrected chi connectivity index (χ0v) is 9.53. The largest absolute Gasteiger partial charge is 0.508 e. The molecular formula is C12H12FNO3. The van der Waals surface area contributed by atoms with Crippen molar-refractivity contribution in [2.45, 2.75) is 20.3 Å². The van der Waals surface area contributed by atoms with Crippen molar-refractivity contribution < 1.29 is 19.1 Å². The number of carbonyl (C=O) groups excluding carboxylic acids is 2. The zero-order valence-electron chi connectivity index (χ0n) is 9.53. The average molecular weight is 237 g/mol. The lowest BCUT2D eigenvalue weighted by Crippen LogP contribution is -2.33. The summed E-state index contributed by atoms with van der Waals surface area (Å²) in [7, 11) is 0. The van der Waals surface area contributed by atoms with Crippen LogP contribution in [0.1, 0.15) is 20.3 Å². The Balaban J connectivity index is 2.48. The number of anilines is 1. The van der Waals surface area contributed by atoms with E-state index in [1.165, 1.54) is 12.1 Å². The Labute approximate surface area is 97.7 Å². The predicted octanol–water partition coefficient (Wildman–Crippen LogP) is 1.82. The molecule has 0 atom stereocenters. The highest BCUT2D eigenvalue weighted by Gasteiger charge is 2.46. The number of benzene rings is 1. The van der Waals surface area contributed by atoms with E-state index < -0.39 is 23.0 Å². The summed E-state index contributed by atoms with van der Waals surface area (Å²) in [4.78, 5) is 24.5. The average Bonchev–Trinajstić information content (AvgIpc) is 2.39. The standard InChI is InChI=1S/C12H12FNO3/c1-12(2)6-10(16)14(11(12)17)9-4-3-7(15)5-8(9)13/h3-5,15H,6H2,1-2H3. The number of rotatable bonds is 1. The first-order valence-corrected chi connectivity index (χ1v) is 5.19. The van der Waals surface area contributed by atoms with Gasteiger partial charge in [-0.25, -0.2) is 9.29 Å². The predicted molar refractivity (Wildman–Crippen MR) is 59.0 cm³/mol. The van der Waals surface area contributed by atoms with Crippen LogP contribution in [0, 0.1) is 11.2 Å². The molecule has 0 aliphatic carbocycles. The summed E-state index contributed by atoms with van der Waals surface area (Å²) in [6.45, 7) is 3.29. The topological polar surface area (TPSA) is 57.6 Å². The number of hydrogen-bond donors (Lipinski definition) is 1. The van der Waals surface area contributed by atoms with Gasteiger partial charge in [0.15, 0.2) is 5.82 Å². The number of amides is 2. The molecule has 0 aromatic heterocycles. The van der Waals surface area contributed by atoms with Gasteiger partial charge in [-0.1, -0.05) is 13.8 Å². The molecule has 1 heterocycles. The molecule has 0 unspecified atom stereocenters. The van der Waals surface area contributed by atoms with Crippen molar-refractivity contribution in [3.63, 3.8) is 0 Å². The Bertz CT molecular complexity index is 510. The highest BCUT2D eigenvalue weighted by Crippen LogP contribution is 2.36. The third-order valence-electron chi connectivity index (χ3n) is 2.80. The molecule has 0 radical (unpaired) electrons. The molecule has 1 aromatic rings. The first-order valence-electron chi connectivity index (χ1n) is 5.19. The van der Waals surface area contributed by atoms with Gasteiger partial charge in [-0.05, 0) is 12.1 Å². The Kier molecular flexibility index (Phi) is 2.41. The van der Waals surface area contributed by atoms with Gasteiger partial charge in [0, 0.05) is 12.5 Å². The van der Waals surface area contributed by atoms with Crippen molar-refractivity contribution in [1.82, 2.24) is 0 Å². The summed E-state index contributed by atoms with van der Waals surface area (Å²) in [6, 6.07) is 3.34. The van der Waals surface area contributed by atoms with Gasteiger partial charge in [0.25, 0.3) is 0 Å². The third kappa shape index (κ3) is 1.77. The van der Waals surface area contributed by atoms with E-state index in [2.05, 4.69) is 0 Å². The van der Waals surface area contributed by atoms with Crippen LogP contribution in [0.25, 0.3) is 0 Å². The molecule has 0 bridgehead atoms. The molecule has 1 saturated heterocycles. The van der Waals surface area contributed by atoms with Crippen LogP contribution in [0.3, 0.4) is 0 Å². The maximum absolute atomic E-state index is 13.6. The van der Waals surface area contributed by atoms with E-state index in [0.717, 1.165) is 11.0 Å². The molecule has 4 nitrogen and oxygen atoms in total. The van der Waals surface area contributed by atoms with E-state index in [0.29, 0.717) is 0 Å². The van der Waals surface area contributed by atoms with E-state index >= 15 is 0 Å². The Morgan fingerprint density at radius 1 is 1.35 bits per heavy atom. The van der Waals surface area contributed by atoms with E-state index in [1.54, 1.807) is 13.8 Å². The molecule has 1 aromatic carbocycles. The minimum atomic E-state index is -0.804. The smallest absolute Gasteiger partial charge is 0.240 e. The normalized spacial score (nSPS) is 18.9. The second-order valence-electron chi connectivity index (χ2n) is 4.73. The number of phenols is 1. The lowest BCUT2D eigenvalue weighted by Gasteiger charge is -2.18. The van der Waals surface area contributed by atoms with Crippen LogP contribution >= 0.6 is 0 Å². The molecule has 1 aliphatic heterocycles. The number of imide groups is 1. The molecule has 1 aliphatic rings. The molecule has 0 spiro atoms.